The van der Waals surface area contributed by atoms with Crippen LogP contribution in [0, 0.1) is 0 Å². The Labute approximate surface area is 229 Å². The van der Waals surface area contributed by atoms with Gasteiger partial charge in [-0.15, -0.1) is 0 Å². The van der Waals surface area contributed by atoms with Gasteiger partial charge in [0.2, 0.25) is 11.8 Å². The molecule has 0 aliphatic carbocycles. The summed E-state index contributed by atoms with van der Waals surface area (Å²) in [5, 5.41) is 13.3. The zero-order valence-corrected chi connectivity index (χ0v) is 22.8. The summed E-state index contributed by atoms with van der Waals surface area (Å²) in [6, 6.07) is 10.1. The maximum atomic E-state index is 13.6. The van der Waals surface area contributed by atoms with Crippen LogP contribution in [0.2, 0.25) is 6.43 Å². The number of ether oxygens (including phenoxy) is 2. The lowest BCUT2D eigenvalue weighted by molar-refractivity contribution is -0.149. The second-order valence-electron chi connectivity index (χ2n) is 9.11. The third kappa shape index (κ3) is 9.06. The second-order valence-corrected chi connectivity index (χ2v) is 9.55. The fraction of sp³-hybridized carbons (Fsp3) is 0.429. The van der Waals surface area contributed by atoms with Gasteiger partial charge in [-0.05, 0) is 69.5 Å². The first-order valence-corrected chi connectivity index (χ1v) is 12.8. The number of benzene rings is 2. The summed E-state index contributed by atoms with van der Waals surface area (Å²) in [5.74, 6) is -2.71. The maximum Gasteiger partial charge on any atom is 0.328 e. The number of phenols is 1. The van der Waals surface area contributed by atoms with Crippen molar-refractivity contribution in [3.8, 4) is 5.75 Å². The fourth-order valence-corrected chi connectivity index (χ4v) is 3.73. The molecule has 0 spiro atoms. The van der Waals surface area contributed by atoms with Gasteiger partial charge in [-0.3, -0.25) is 14.4 Å². The number of halogens is 1. The average molecular weight is 548 g/mol. The summed E-state index contributed by atoms with van der Waals surface area (Å²) in [6.45, 7) is 6.76. The Morgan fingerprint density at radius 2 is 1.58 bits per heavy atom. The highest BCUT2D eigenvalue weighted by Crippen LogP contribution is 2.25. The molecular formula is C28H35ClN2O7. The van der Waals surface area contributed by atoms with Crippen LogP contribution in [0.1, 0.15) is 51.7 Å². The monoisotopic (exact) mass is 547 g/mol. The molecule has 0 fully saturated rings. The molecule has 0 saturated carbocycles. The van der Waals surface area contributed by atoms with Gasteiger partial charge in [0.05, 0.1) is 18.6 Å². The van der Waals surface area contributed by atoms with Gasteiger partial charge in [-0.2, -0.15) is 0 Å². The number of hydrogen-bond donors (Lipinski definition) is 3. The lowest BCUT2D eigenvalue weighted by Gasteiger charge is -2.28. The summed E-state index contributed by atoms with van der Waals surface area (Å²) in [6.07, 6.45) is -0.309. The lowest BCUT2D eigenvalue weighted by Crippen LogP contribution is -2.55. The molecule has 0 aliphatic heterocycles. The third-order valence-corrected chi connectivity index (χ3v) is 6.12. The Hall–Kier alpha value is -3.59. The Morgan fingerprint density at radius 1 is 0.974 bits per heavy atom. The van der Waals surface area contributed by atoms with Crippen LogP contribution in [0.5, 0.6) is 5.75 Å². The maximum absolute atomic E-state index is 13.6. The van der Waals surface area contributed by atoms with Crippen molar-refractivity contribution in [1.82, 2.24) is 10.6 Å². The zero-order valence-electron chi connectivity index (χ0n) is 23.0. The first-order valence-electron chi connectivity index (χ1n) is 12.8. The number of amides is 2. The fourth-order valence-electron chi connectivity index (χ4n) is 3.60. The first kappa shape index (κ1) is 29.0. The van der Waals surface area contributed by atoms with Crippen LogP contribution >= 0.6 is 11.6 Å². The van der Waals surface area contributed by atoms with Gasteiger partial charge in [0, 0.05) is 17.9 Å². The quantitative estimate of drug-likeness (QED) is 0.327. The Morgan fingerprint density at radius 3 is 2.16 bits per heavy atom. The van der Waals surface area contributed by atoms with E-state index in [4.69, 9.17) is 22.5 Å². The lowest BCUT2D eigenvalue weighted by atomic mass is 9.83. The van der Waals surface area contributed by atoms with Crippen LogP contribution in [0.3, 0.4) is 0 Å². The molecule has 3 N–H and O–H groups in total. The smallest absolute Gasteiger partial charge is 0.328 e. The van der Waals surface area contributed by atoms with Crippen LogP contribution in [-0.4, -0.2) is 54.2 Å². The van der Waals surface area contributed by atoms with Crippen molar-refractivity contribution in [3.05, 3.63) is 64.7 Å². The number of esters is 2. The van der Waals surface area contributed by atoms with Gasteiger partial charge < -0.3 is 25.2 Å². The largest absolute Gasteiger partial charge is 0.508 e. The van der Waals surface area contributed by atoms with E-state index >= 15 is 0 Å². The van der Waals surface area contributed by atoms with Gasteiger partial charge in [0.1, 0.15) is 17.8 Å². The molecule has 9 nitrogen and oxygen atoms in total. The van der Waals surface area contributed by atoms with Crippen molar-refractivity contribution >= 4 is 35.4 Å². The molecule has 0 radical (unpaired) electrons. The average Bonchev–Trinajstić information content (AvgIpc) is 2.90. The molecule has 0 saturated heterocycles. The molecule has 2 rings (SSSR count). The molecule has 10 heteroatoms. The van der Waals surface area contributed by atoms with Crippen LogP contribution in [0.15, 0.2) is 48.5 Å². The van der Waals surface area contributed by atoms with Gasteiger partial charge in [0.15, 0.2) is 1.41 Å². The minimum atomic E-state index is -1.35. The molecule has 2 aromatic carbocycles. The van der Waals surface area contributed by atoms with Gasteiger partial charge in [0.25, 0.3) is 0 Å². The van der Waals surface area contributed by atoms with E-state index < -0.39 is 41.3 Å². The van der Waals surface area contributed by atoms with Gasteiger partial charge in [-0.25, -0.2) is 4.79 Å². The summed E-state index contributed by atoms with van der Waals surface area (Å²) >= 11 is 5.99. The van der Waals surface area contributed by atoms with Gasteiger partial charge in [-0.1, -0.05) is 35.9 Å². The Bertz CT molecular complexity index is 1140. The molecule has 2 aromatic rings. The number of nitrogens with one attached hydrogen (secondary N) is 2. The van der Waals surface area contributed by atoms with Crippen LogP contribution < -0.4 is 10.6 Å². The topological polar surface area (TPSA) is 131 Å². The van der Waals surface area contributed by atoms with Crippen molar-refractivity contribution in [2.75, 3.05) is 13.2 Å². The molecule has 2 atom stereocenters. The van der Waals surface area contributed by atoms with Crippen molar-refractivity contribution < 1.29 is 35.2 Å². The molecule has 0 heterocycles. The van der Waals surface area contributed by atoms with E-state index in [0.717, 1.165) is 0 Å². The number of aromatic hydroxyl groups is 1. The van der Waals surface area contributed by atoms with E-state index in [2.05, 4.69) is 5.32 Å². The van der Waals surface area contributed by atoms with Crippen molar-refractivity contribution in [2.45, 2.75) is 64.5 Å². The first-order chi connectivity index (χ1) is 18.4. The van der Waals surface area contributed by atoms with E-state index in [1.165, 1.54) is 12.1 Å². The Kier molecular flexibility index (Phi) is 11.0. The predicted molar refractivity (Wildman–Crippen MR) is 143 cm³/mol. The number of rotatable bonds is 13. The van der Waals surface area contributed by atoms with Crippen molar-refractivity contribution in [2.24, 2.45) is 0 Å². The van der Waals surface area contributed by atoms with E-state index in [9.17, 15) is 24.3 Å². The van der Waals surface area contributed by atoms with E-state index in [0.29, 0.717) is 21.5 Å². The Balaban J connectivity index is 2.36. The standard InChI is InChI=1S/C28H35ClN2O7/c1-5-37-24(33)16-15-22(26(35)38-6-2)30-25(34)23(17-18-7-13-21(32)14-8-18)31-27(36)28(3,4)19-9-11-20(29)12-10-19/h7-14,22-23,32H,5-6,15-17H2,1-4H3,(H,30,34)(H,31,36)/t22-,23-/m0/s1/i/hD. The third-order valence-electron chi connectivity index (χ3n) is 5.87. The number of carbonyl (C=O) groups excluding carboxylic acids is 4. The molecular weight excluding hydrogens is 512 g/mol. The molecule has 0 aliphatic rings. The highest BCUT2D eigenvalue weighted by atomic mass is 35.5. The minimum Gasteiger partial charge on any atom is -0.508 e. The SMILES string of the molecule is [2H]N(C(=O)C(C)(C)c1ccc(Cl)cc1)[C@@H](Cc1ccc(O)cc1)C(=O)N[C@@H](CCC(=O)OCC)C(=O)OCC. The molecule has 38 heavy (non-hydrogen) atoms. The highest BCUT2D eigenvalue weighted by Gasteiger charge is 2.34. The number of phenolic OH excluding ortho intramolecular Hbond substituents is 1. The van der Waals surface area contributed by atoms with Crippen LogP contribution in [0.4, 0.5) is 0 Å². The number of hydrogen-bond acceptors (Lipinski definition) is 7. The summed E-state index contributed by atoms with van der Waals surface area (Å²) < 4.78 is 18.7. The molecule has 206 valence electrons. The van der Waals surface area contributed by atoms with Gasteiger partial charge >= 0.3 is 11.9 Å². The predicted octanol–water partition coefficient (Wildman–Crippen LogP) is 3.44. The number of carbonyl (C=O) groups is 4. The van der Waals surface area contributed by atoms with E-state index in [1.54, 1.807) is 64.1 Å². The molecule has 0 aromatic heterocycles. The normalized spacial score (nSPS) is 13.0. The molecule has 2 amide bonds. The summed E-state index contributed by atoms with van der Waals surface area (Å²) in [4.78, 5) is 51.6. The summed E-state index contributed by atoms with van der Waals surface area (Å²) in [5.41, 5.74) is -0.0251. The van der Waals surface area contributed by atoms with Crippen LogP contribution in [-0.2, 0) is 40.5 Å². The second kappa shape index (κ2) is 14.4. The van der Waals surface area contributed by atoms with E-state index in [1.807, 2.05) is 0 Å². The molecule has 0 bridgehead atoms. The van der Waals surface area contributed by atoms with Crippen molar-refractivity contribution in [1.29, 1.82) is 0 Å². The molecule has 0 unspecified atom stereocenters. The van der Waals surface area contributed by atoms with Crippen LogP contribution in [0.25, 0.3) is 0 Å². The summed E-state index contributed by atoms with van der Waals surface area (Å²) in [7, 11) is 0. The minimum absolute atomic E-state index is 0.0174. The highest BCUT2D eigenvalue weighted by molar-refractivity contribution is 6.30. The zero-order chi connectivity index (χ0) is 29.2. The van der Waals surface area contributed by atoms with Crippen molar-refractivity contribution in [3.63, 3.8) is 0 Å². The van der Waals surface area contributed by atoms with E-state index in [-0.39, 0.29) is 38.2 Å².